The van der Waals surface area contributed by atoms with E-state index in [-0.39, 0.29) is 5.92 Å². The fourth-order valence-corrected chi connectivity index (χ4v) is 1.97. The molecule has 1 aliphatic carbocycles. The normalized spacial score (nSPS) is 15.1. The third-order valence-electron chi connectivity index (χ3n) is 3.23. The average Bonchev–Trinajstić information content (AvgIpc) is 3.28. The number of carbonyl (C=O) groups excluding carboxylic acids is 1. The molecule has 1 saturated carbocycles. The highest BCUT2D eigenvalue weighted by Gasteiger charge is 2.37. The highest BCUT2D eigenvalue weighted by Crippen LogP contribution is 2.32. The molecule has 0 aromatic heterocycles. The minimum absolute atomic E-state index is 0.0538. The molecule has 1 atom stereocenters. The zero-order chi connectivity index (χ0) is 15.2. The first-order valence-corrected chi connectivity index (χ1v) is 7.13. The van der Waals surface area contributed by atoms with Gasteiger partial charge in [-0.1, -0.05) is 6.92 Å². The number of hydrogen-bond acceptors (Lipinski definition) is 3. The number of rotatable bonds is 7. The van der Waals surface area contributed by atoms with E-state index in [0.717, 1.165) is 25.0 Å². The molecule has 0 radical (unpaired) electrons. The average molecular weight is 292 g/mol. The van der Waals surface area contributed by atoms with Crippen LogP contribution in [0.2, 0.25) is 0 Å². The minimum atomic E-state index is -0.990. The lowest BCUT2D eigenvalue weighted by Gasteiger charge is -2.14. The summed E-state index contributed by atoms with van der Waals surface area (Å²) in [5.41, 5.74) is 0.594. The fraction of sp³-hybridized carbons (Fsp3) is 0.467. The van der Waals surface area contributed by atoms with Crippen LogP contribution >= 0.6 is 0 Å². The maximum atomic E-state index is 11.8. The van der Waals surface area contributed by atoms with Crippen molar-refractivity contribution in [3.8, 4) is 5.75 Å². The molecular weight excluding hydrogens is 272 g/mol. The molecule has 2 amide bonds. The summed E-state index contributed by atoms with van der Waals surface area (Å²) >= 11 is 0. The van der Waals surface area contributed by atoms with Crippen molar-refractivity contribution in [2.24, 2.45) is 5.92 Å². The Morgan fingerprint density at radius 3 is 2.52 bits per heavy atom. The Kier molecular flexibility index (Phi) is 5.03. The Labute approximate surface area is 123 Å². The second-order valence-electron chi connectivity index (χ2n) is 5.12. The lowest BCUT2D eigenvalue weighted by Crippen LogP contribution is -2.44. The van der Waals surface area contributed by atoms with E-state index >= 15 is 0 Å². The third-order valence-corrected chi connectivity index (χ3v) is 3.23. The first kappa shape index (κ1) is 15.2. The van der Waals surface area contributed by atoms with E-state index in [1.807, 2.05) is 6.92 Å². The van der Waals surface area contributed by atoms with Crippen molar-refractivity contribution in [2.45, 2.75) is 32.2 Å². The van der Waals surface area contributed by atoms with Crippen molar-refractivity contribution in [3.63, 3.8) is 0 Å². The van der Waals surface area contributed by atoms with Crippen molar-refractivity contribution in [1.82, 2.24) is 5.32 Å². The van der Waals surface area contributed by atoms with E-state index in [1.165, 1.54) is 0 Å². The maximum Gasteiger partial charge on any atom is 0.326 e. The number of ether oxygens (including phenoxy) is 1. The van der Waals surface area contributed by atoms with Crippen molar-refractivity contribution >= 4 is 17.7 Å². The molecule has 1 aromatic carbocycles. The predicted octanol–water partition coefficient (Wildman–Crippen LogP) is 2.46. The molecule has 1 unspecified atom stereocenters. The molecule has 0 heterocycles. The molecular formula is C15H20N2O4. The summed E-state index contributed by atoms with van der Waals surface area (Å²) in [6.45, 7) is 2.67. The number of carboxylic acids is 1. The van der Waals surface area contributed by atoms with Gasteiger partial charge in [0, 0.05) is 5.69 Å². The van der Waals surface area contributed by atoms with Gasteiger partial charge in [0.15, 0.2) is 0 Å². The number of urea groups is 1. The molecule has 114 valence electrons. The van der Waals surface area contributed by atoms with Crippen LogP contribution in [0.25, 0.3) is 0 Å². The van der Waals surface area contributed by atoms with Crippen molar-refractivity contribution < 1.29 is 19.4 Å². The van der Waals surface area contributed by atoms with E-state index < -0.39 is 18.0 Å². The summed E-state index contributed by atoms with van der Waals surface area (Å²) in [4.78, 5) is 22.9. The SMILES string of the molecule is CCCOc1ccc(NC(=O)NC(C(=O)O)C2CC2)cc1. The zero-order valence-corrected chi connectivity index (χ0v) is 12.0. The highest BCUT2D eigenvalue weighted by molar-refractivity contribution is 5.92. The van der Waals surface area contributed by atoms with Crippen LogP contribution in [0.1, 0.15) is 26.2 Å². The molecule has 0 saturated heterocycles. The summed E-state index contributed by atoms with van der Waals surface area (Å²) in [6, 6.07) is 5.66. The Morgan fingerprint density at radius 2 is 2.00 bits per heavy atom. The minimum Gasteiger partial charge on any atom is -0.494 e. The van der Waals surface area contributed by atoms with Gasteiger partial charge >= 0.3 is 12.0 Å². The standard InChI is InChI=1S/C15H20N2O4/c1-2-9-21-12-7-5-11(6-8-12)16-15(20)17-13(14(18)19)10-3-4-10/h5-8,10,13H,2-4,9H2,1H3,(H,18,19)(H2,16,17,20). The van der Waals surface area contributed by atoms with E-state index in [2.05, 4.69) is 10.6 Å². The monoisotopic (exact) mass is 292 g/mol. The number of benzene rings is 1. The molecule has 0 aliphatic heterocycles. The zero-order valence-electron chi connectivity index (χ0n) is 12.0. The molecule has 3 N–H and O–H groups in total. The molecule has 6 heteroatoms. The molecule has 21 heavy (non-hydrogen) atoms. The summed E-state index contributed by atoms with van der Waals surface area (Å²) < 4.78 is 5.44. The first-order valence-electron chi connectivity index (χ1n) is 7.13. The van der Waals surface area contributed by atoms with Crippen molar-refractivity contribution in [1.29, 1.82) is 0 Å². The van der Waals surface area contributed by atoms with Crippen LogP contribution in [0.4, 0.5) is 10.5 Å². The lowest BCUT2D eigenvalue weighted by atomic mass is 10.2. The topological polar surface area (TPSA) is 87.7 Å². The van der Waals surface area contributed by atoms with Gasteiger partial charge in [-0.25, -0.2) is 9.59 Å². The Balaban J connectivity index is 1.85. The van der Waals surface area contributed by atoms with Crippen molar-refractivity contribution in [2.75, 3.05) is 11.9 Å². The number of carbonyl (C=O) groups is 2. The number of aliphatic carboxylic acids is 1. The number of carboxylic acid groups (broad SMARTS) is 1. The second kappa shape index (κ2) is 6.97. The molecule has 6 nitrogen and oxygen atoms in total. The Morgan fingerprint density at radius 1 is 1.33 bits per heavy atom. The first-order chi connectivity index (χ1) is 10.1. The van der Waals surface area contributed by atoms with Gasteiger partial charge in [0.25, 0.3) is 0 Å². The van der Waals surface area contributed by atoms with E-state index in [4.69, 9.17) is 9.84 Å². The lowest BCUT2D eigenvalue weighted by molar-refractivity contribution is -0.139. The Bertz CT molecular complexity index is 497. The van der Waals surface area contributed by atoms with Crippen LogP contribution in [-0.2, 0) is 4.79 Å². The van der Waals surface area contributed by atoms with Crippen LogP contribution < -0.4 is 15.4 Å². The Hall–Kier alpha value is -2.24. The highest BCUT2D eigenvalue weighted by atomic mass is 16.5. The third kappa shape index (κ3) is 4.66. The van der Waals surface area contributed by atoms with Gasteiger partial charge in [0.1, 0.15) is 11.8 Å². The quantitative estimate of drug-likeness (QED) is 0.720. The molecule has 0 bridgehead atoms. The molecule has 0 spiro atoms. The van der Waals surface area contributed by atoms with Crippen LogP contribution in [0, 0.1) is 5.92 Å². The fourth-order valence-electron chi connectivity index (χ4n) is 1.97. The van der Waals surface area contributed by atoms with E-state index in [1.54, 1.807) is 24.3 Å². The summed E-state index contributed by atoms with van der Waals surface area (Å²) in [7, 11) is 0. The van der Waals surface area contributed by atoms with E-state index in [9.17, 15) is 9.59 Å². The van der Waals surface area contributed by atoms with Crippen molar-refractivity contribution in [3.05, 3.63) is 24.3 Å². The van der Waals surface area contributed by atoms with Gasteiger partial charge in [-0.15, -0.1) is 0 Å². The molecule has 2 rings (SSSR count). The number of nitrogens with one attached hydrogen (secondary N) is 2. The number of hydrogen-bond donors (Lipinski definition) is 3. The number of amides is 2. The second-order valence-corrected chi connectivity index (χ2v) is 5.12. The maximum absolute atomic E-state index is 11.8. The number of anilines is 1. The summed E-state index contributed by atoms with van der Waals surface area (Å²) in [5.74, 6) is -0.196. The smallest absolute Gasteiger partial charge is 0.326 e. The van der Waals surface area contributed by atoms with E-state index in [0.29, 0.717) is 12.3 Å². The predicted molar refractivity (Wildman–Crippen MR) is 78.5 cm³/mol. The largest absolute Gasteiger partial charge is 0.494 e. The molecule has 1 aliphatic rings. The van der Waals surface area contributed by atoms with Gasteiger partial charge in [-0.05, 0) is 49.4 Å². The molecule has 1 fully saturated rings. The summed E-state index contributed by atoms with van der Waals surface area (Å²) in [6.07, 6.45) is 2.63. The van der Waals surface area contributed by atoms with Crippen LogP contribution in [0.5, 0.6) is 5.75 Å². The molecule has 1 aromatic rings. The van der Waals surface area contributed by atoms with Crippen LogP contribution in [0.3, 0.4) is 0 Å². The van der Waals surface area contributed by atoms with Gasteiger partial charge in [0.2, 0.25) is 0 Å². The van der Waals surface area contributed by atoms with Crippen LogP contribution in [-0.4, -0.2) is 29.8 Å². The van der Waals surface area contributed by atoms with Gasteiger partial charge in [-0.2, -0.15) is 0 Å². The van der Waals surface area contributed by atoms with Crippen LogP contribution in [0.15, 0.2) is 24.3 Å². The van der Waals surface area contributed by atoms with Gasteiger partial charge in [-0.3, -0.25) is 0 Å². The summed E-state index contributed by atoms with van der Waals surface area (Å²) in [5, 5.41) is 14.2. The van der Waals surface area contributed by atoms with Gasteiger partial charge < -0.3 is 20.5 Å². The van der Waals surface area contributed by atoms with Gasteiger partial charge in [0.05, 0.1) is 6.61 Å².